The highest BCUT2D eigenvalue weighted by molar-refractivity contribution is 7.99. The minimum atomic E-state index is -0.0301. The molecule has 0 aliphatic rings. The van der Waals surface area contributed by atoms with Crippen LogP contribution in [0.25, 0.3) is 0 Å². The first-order chi connectivity index (χ1) is 9.67. The highest BCUT2D eigenvalue weighted by atomic mass is 32.2. The Bertz CT molecular complexity index is 382. The van der Waals surface area contributed by atoms with E-state index in [1.165, 1.54) is 0 Å². The summed E-state index contributed by atoms with van der Waals surface area (Å²) in [4.78, 5) is 11.7. The average Bonchev–Trinajstić information content (AvgIpc) is 2.46. The molecule has 1 rings (SSSR count). The van der Waals surface area contributed by atoms with Gasteiger partial charge in [0, 0.05) is 17.7 Å². The van der Waals surface area contributed by atoms with Crippen molar-refractivity contribution in [2.75, 3.05) is 19.5 Å². The fraction of sp³-hybridized carbons (Fsp3) is 0.533. The zero-order chi connectivity index (χ0) is 14.8. The number of hydrogen-bond donors (Lipinski definition) is 2. The lowest BCUT2D eigenvalue weighted by Gasteiger charge is -2.21. The van der Waals surface area contributed by atoms with Crippen LogP contribution in [0.15, 0.2) is 30.3 Å². The number of aliphatic hydroxyl groups excluding tert-OH is 1. The molecule has 0 saturated carbocycles. The second-order valence-electron chi connectivity index (χ2n) is 4.58. The van der Waals surface area contributed by atoms with Crippen LogP contribution in [0.4, 0.5) is 0 Å². The van der Waals surface area contributed by atoms with Crippen LogP contribution in [0.5, 0.6) is 5.75 Å². The lowest BCUT2D eigenvalue weighted by molar-refractivity contribution is -0.121. The Labute approximate surface area is 124 Å². The fourth-order valence-electron chi connectivity index (χ4n) is 1.80. The molecule has 4 nitrogen and oxygen atoms in total. The van der Waals surface area contributed by atoms with Gasteiger partial charge in [0.25, 0.3) is 0 Å². The van der Waals surface area contributed by atoms with Crippen LogP contribution in [0.3, 0.4) is 0 Å². The molecule has 0 heterocycles. The first-order valence-electron chi connectivity index (χ1n) is 6.78. The number of para-hydroxylation sites is 1. The third-order valence-corrected chi connectivity index (χ3v) is 4.15. The van der Waals surface area contributed by atoms with Gasteiger partial charge in [-0.2, -0.15) is 11.8 Å². The van der Waals surface area contributed by atoms with Crippen molar-refractivity contribution in [1.29, 1.82) is 0 Å². The predicted octanol–water partition coefficient (Wildman–Crippen LogP) is 2.07. The molecular weight excluding hydrogens is 274 g/mol. The molecule has 0 bridgehead atoms. The Kier molecular flexibility index (Phi) is 8.14. The van der Waals surface area contributed by atoms with Gasteiger partial charge in [-0.15, -0.1) is 0 Å². The van der Waals surface area contributed by atoms with Crippen LogP contribution in [0.1, 0.15) is 19.8 Å². The summed E-state index contributed by atoms with van der Waals surface area (Å²) in [5.74, 6) is 0.825. The predicted molar refractivity (Wildman–Crippen MR) is 83.2 cm³/mol. The van der Waals surface area contributed by atoms with Gasteiger partial charge in [-0.25, -0.2) is 0 Å². The van der Waals surface area contributed by atoms with Crippen molar-refractivity contribution in [2.45, 2.75) is 31.1 Å². The largest absolute Gasteiger partial charge is 0.494 e. The Hall–Kier alpha value is -1.20. The van der Waals surface area contributed by atoms with Gasteiger partial charge in [0.15, 0.2) is 0 Å². The molecule has 2 unspecified atom stereocenters. The second kappa shape index (κ2) is 9.66. The van der Waals surface area contributed by atoms with E-state index in [9.17, 15) is 4.79 Å². The van der Waals surface area contributed by atoms with Crippen LogP contribution in [-0.4, -0.2) is 41.8 Å². The molecule has 1 aromatic rings. The van der Waals surface area contributed by atoms with Crippen molar-refractivity contribution < 1.29 is 14.6 Å². The zero-order valence-electron chi connectivity index (χ0n) is 12.0. The minimum absolute atomic E-state index is 0.00154. The molecule has 2 N–H and O–H groups in total. The third-order valence-electron chi connectivity index (χ3n) is 2.99. The van der Waals surface area contributed by atoms with E-state index >= 15 is 0 Å². The molecule has 0 fully saturated rings. The van der Waals surface area contributed by atoms with E-state index in [0.29, 0.717) is 19.4 Å². The van der Waals surface area contributed by atoms with Gasteiger partial charge in [-0.05, 0) is 31.7 Å². The van der Waals surface area contributed by atoms with E-state index in [2.05, 4.69) is 5.32 Å². The van der Waals surface area contributed by atoms with Crippen molar-refractivity contribution in [1.82, 2.24) is 5.32 Å². The Morgan fingerprint density at radius 1 is 1.40 bits per heavy atom. The third kappa shape index (κ3) is 6.30. The van der Waals surface area contributed by atoms with Gasteiger partial charge in [0.1, 0.15) is 5.75 Å². The highest BCUT2D eigenvalue weighted by Gasteiger charge is 2.16. The number of carbonyl (C=O) groups is 1. The average molecular weight is 297 g/mol. The molecule has 0 aliphatic heterocycles. The number of nitrogens with one attached hydrogen (secondary N) is 1. The normalized spacial score (nSPS) is 13.6. The Morgan fingerprint density at radius 2 is 2.10 bits per heavy atom. The van der Waals surface area contributed by atoms with Crippen LogP contribution in [0.2, 0.25) is 0 Å². The van der Waals surface area contributed by atoms with Crippen molar-refractivity contribution >= 4 is 17.7 Å². The van der Waals surface area contributed by atoms with Crippen LogP contribution in [0, 0.1) is 0 Å². The second-order valence-corrected chi connectivity index (χ2v) is 5.65. The molecule has 0 radical (unpaired) electrons. The molecule has 20 heavy (non-hydrogen) atoms. The van der Waals surface area contributed by atoms with Crippen molar-refractivity contribution in [2.24, 2.45) is 0 Å². The number of rotatable bonds is 9. The maximum absolute atomic E-state index is 11.7. The Morgan fingerprint density at radius 3 is 2.70 bits per heavy atom. The maximum atomic E-state index is 11.7. The van der Waals surface area contributed by atoms with Gasteiger partial charge in [-0.3, -0.25) is 4.79 Å². The summed E-state index contributed by atoms with van der Waals surface area (Å²) >= 11 is 1.56. The lowest BCUT2D eigenvalue weighted by Crippen LogP contribution is -2.41. The molecule has 1 aromatic carbocycles. The van der Waals surface area contributed by atoms with Crippen LogP contribution in [-0.2, 0) is 4.79 Å². The van der Waals surface area contributed by atoms with E-state index in [4.69, 9.17) is 9.84 Å². The standard InChI is InChI=1S/C15H23NO3S/c1-12(14(11-17)20-2)16-15(18)9-6-10-19-13-7-4-3-5-8-13/h3-5,7-8,12,14,17H,6,9-11H2,1-2H3,(H,16,18). The fourth-order valence-corrected chi connectivity index (χ4v) is 2.42. The number of ether oxygens (including phenoxy) is 1. The number of aliphatic hydroxyl groups is 1. The van der Waals surface area contributed by atoms with Crippen molar-refractivity contribution in [3.8, 4) is 5.75 Å². The van der Waals surface area contributed by atoms with E-state index in [0.717, 1.165) is 5.75 Å². The number of carbonyl (C=O) groups excluding carboxylic acids is 1. The molecule has 112 valence electrons. The van der Waals surface area contributed by atoms with Crippen LogP contribution >= 0.6 is 11.8 Å². The van der Waals surface area contributed by atoms with E-state index in [1.807, 2.05) is 43.5 Å². The number of amides is 1. The minimum Gasteiger partial charge on any atom is -0.494 e. The number of hydrogen-bond acceptors (Lipinski definition) is 4. The summed E-state index contributed by atoms with van der Waals surface area (Å²) in [5, 5.41) is 12.1. The molecule has 0 aromatic heterocycles. The lowest BCUT2D eigenvalue weighted by atomic mass is 10.2. The first-order valence-corrected chi connectivity index (χ1v) is 8.07. The number of benzene rings is 1. The summed E-state index contributed by atoms with van der Waals surface area (Å²) in [5.41, 5.74) is 0. The monoisotopic (exact) mass is 297 g/mol. The quantitative estimate of drug-likeness (QED) is 0.685. The summed E-state index contributed by atoms with van der Waals surface area (Å²) in [7, 11) is 0. The summed E-state index contributed by atoms with van der Waals surface area (Å²) in [6.45, 7) is 2.51. The molecule has 5 heteroatoms. The van der Waals surface area contributed by atoms with Gasteiger partial charge >= 0.3 is 0 Å². The van der Waals surface area contributed by atoms with Gasteiger partial charge < -0.3 is 15.2 Å². The molecule has 1 amide bonds. The summed E-state index contributed by atoms with van der Waals surface area (Å²) in [6.07, 6.45) is 3.04. The first kappa shape index (κ1) is 16.9. The molecule has 0 saturated heterocycles. The van der Waals surface area contributed by atoms with E-state index < -0.39 is 0 Å². The topological polar surface area (TPSA) is 58.6 Å². The van der Waals surface area contributed by atoms with E-state index in [1.54, 1.807) is 11.8 Å². The molecule has 2 atom stereocenters. The SMILES string of the molecule is CSC(CO)C(C)NC(=O)CCCOc1ccccc1. The van der Waals surface area contributed by atoms with Crippen molar-refractivity contribution in [3.63, 3.8) is 0 Å². The van der Waals surface area contributed by atoms with Crippen molar-refractivity contribution in [3.05, 3.63) is 30.3 Å². The Balaban J connectivity index is 2.17. The molecule has 0 spiro atoms. The van der Waals surface area contributed by atoms with E-state index in [-0.39, 0.29) is 23.8 Å². The van der Waals surface area contributed by atoms with Crippen LogP contribution < -0.4 is 10.1 Å². The van der Waals surface area contributed by atoms with Gasteiger partial charge in [-0.1, -0.05) is 18.2 Å². The highest BCUT2D eigenvalue weighted by Crippen LogP contribution is 2.11. The number of thioether (sulfide) groups is 1. The maximum Gasteiger partial charge on any atom is 0.220 e. The zero-order valence-corrected chi connectivity index (χ0v) is 12.9. The van der Waals surface area contributed by atoms with Gasteiger partial charge in [0.05, 0.1) is 13.2 Å². The summed E-state index contributed by atoms with van der Waals surface area (Å²) < 4.78 is 5.53. The smallest absolute Gasteiger partial charge is 0.220 e. The van der Waals surface area contributed by atoms with Gasteiger partial charge in [0.2, 0.25) is 5.91 Å². The molecule has 0 aliphatic carbocycles. The summed E-state index contributed by atoms with van der Waals surface area (Å²) in [6, 6.07) is 9.53. The molecular formula is C15H23NO3S.